The van der Waals surface area contributed by atoms with Crippen molar-refractivity contribution in [1.29, 1.82) is 0 Å². The van der Waals surface area contributed by atoms with Gasteiger partial charge in [-0.15, -0.1) is 0 Å². The maximum Gasteiger partial charge on any atom is 0.303 e. The Morgan fingerprint density at radius 3 is 2.48 bits per heavy atom. The molecule has 21 heavy (non-hydrogen) atoms. The van der Waals surface area contributed by atoms with Crippen LogP contribution in [0.4, 0.5) is 0 Å². The third kappa shape index (κ3) is 3.57. The normalized spacial score (nSPS) is 27.3. The largest absolute Gasteiger partial charge is 0.481 e. The summed E-state index contributed by atoms with van der Waals surface area (Å²) in [6.07, 6.45) is 3.82. The van der Waals surface area contributed by atoms with Crippen LogP contribution in [0, 0.1) is 17.3 Å². The minimum absolute atomic E-state index is 0.228. The lowest BCUT2D eigenvalue weighted by Crippen LogP contribution is -2.50. The van der Waals surface area contributed by atoms with E-state index in [2.05, 4.69) is 19.2 Å². The molecule has 2 heterocycles. The molecule has 2 N–H and O–H groups in total. The predicted octanol–water partition coefficient (Wildman–Crippen LogP) is 1.73. The van der Waals surface area contributed by atoms with Crippen LogP contribution < -0.4 is 5.32 Å². The third-order valence-corrected chi connectivity index (χ3v) is 5.39. The fourth-order valence-electron chi connectivity index (χ4n) is 3.70. The molecule has 0 aliphatic carbocycles. The number of aliphatic carboxylic acids is 1. The Morgan fingerprint density at radius 2 is 2.00 bits per heavy atom. The summed E-state index contributed by atoms with van der Waals surface area (Å²) in [7, 11) is 0. The molecule has 0 aromatic carbocycles. The maximum atomic E-state index is 12.9. The van der Waals surface area contributed by atoms with Crippen LogP contribution in [0.2, 0.25) is 0 Å². The Labute approximate surface area is 127 Å². The summed E-state index contributed by atoms with van der Waals surface area (Å²) < 4.78 is 0. The van der Waals surface area contributed by atoms with Crippen LogP contribution in [0.1, 0.15) is 46.0 Å². The number of nitrogens with one attached hydrogen (secondary N) is 1. The molecule has 0 bridgehead atoms. The zero-order valence-corrected chi connectivity index (χ0v) is 13.2. The standard InChI is InChI=1S/C16H28N2O3/c1-12(2)16(7-8-17-11-16)15(21)18-9-5-13(6-10-18)3-4-14(19)20/h12-13,17H,3-11H2,1-2H3,(H,19,20). The average Bonchev–Trinajstić information content (AvgIpc) is 2.95. The lowest BCUT2D eigenvalue weighted by molar-refractivity contribution is -0.145. The first-order valence-corrected chi connectivity index (χ1v) is 8.17. The molecule has 5 nitrogen and oxygen atoms in total. The van der Waals surface area contributed by atoms with Crippen LogP contribution in [-0.2, 0) is 9.59 Å². The molecule has 0 aromatic heterocycles. The molecule has 1 unspecified atom stereocenters. The smallest absolute Gasteiger partial charge is 0.303 e. The van der Waals surface area contributed by atoms with Gasteiger partial charge in [-0.05, 0) is 44.1 Å². The first-order chi connectivity index (χ1) is 9.95. The van der Waals surface area contributed by atoms with Crippen LogP contribution in [0.15, 0.2) is 0 Å². The summed E-state index contributed by atoms with van der Waals surface area (Å²) in [5, 5.41) is 12.1. The molecule has 2 fully saturated rings. The van der Waals surface area contributed by atoms with E-state index in [1.165, 1.54) is 0 Å². The topological polar surface area (TPSA) is 69.6 Å². The number of nitrogens with zero attached hydrogens (tertiary/aromatic N) is 1. The fraction of sp³-hybridized carbons (Fsp3) is 0.875. The Hall–Kier alpha value is -1.10. The minimum atomic E-state index is -0.718. The molecule has 0 spiro atoms. The van der Waals surface area contributed by atoms with Crippen molar-refractivity contribution in [2.24, 2.45) is 17.3 Å². The van der Waals surface area contributed by atoms with Gasteiger partial charge >= 0.3 is 5.97 Å². The number of piperidine rings is 1. The second-order valence-corrected chi connectivity index (χ2v) is 6.91. The second-order valence-electron chi connectivity index (χ2n) is 6.91. The van der Waals surface area contributed by atoms with E-state index in [1.54, 1.807) is 0 Å². The van der Waals surface area contributed by atoms with Crippen molar-refractivity contribution >= 4 is 11.9 Å². The van der Waals surface area contributed by atoms with Crippen LogP contribution >= 0.6 is 0 Å². The highest BCUT2D eigenvalue weighted by molar-refractivity contribution is 5.83. The number of carboxylic acid groups (broad SMARTS) is 1. The van der Waals surface area contributed by atoms with Crippen LogP contribution in [0.3, 0.4) is 0 Å². The first kappa shape index (κ1) is 16.3. The number of amides is 1. The highest BCUT2D eigenvalue weighted by Gasteiger charge is 2.46. The van der Waals surface area contributed by atoms with E-state index in [4.69, 9.17) is 5.11 Å². The van der Waals surface area contributed by atoms with E-state index in [0.717, 1.165) is 51.9 Å². The fourth-order valence-corrected chi connectivity index (χ4v) is 3.70. The molecule has 2 saturated heterocycles. The Kier molecular flexibility index (Phi) is 5.25. The van der Waals surface area contributed by atoms with Gasteiger partial charge in [0.1, 0.15) is 0 Å². The van der Waals surface area contributed by atoms with Crippen molar-refractivity contribution in [3.05, 3.63) is 0 Å². The predicted molar refractivity (Wildman–Crippen MR) is 80.9 cm³/mol. The molecule has 2 aliphatic heterocycles. The van der Waals surface area contributed by atoms with Gasteiger partial charge in [0.2, 0.25) is 5.91 Å². The molecule has 2 rings (SSSR count). The van der Waals surface area contributed by atoms with Crippen molar-refractivity contribution in [3.8, 4) is 0 Å². The zero-order valence-electron chi connectivity index (χ0n) is 13.2. The van der Waals surface area contributed by atoms with Crippen molar-refractivity contribution in [3.63, 3.8) is 0 Å². The van der Waals surface area contributed by atoms with Crippen molar-refractivity contribution in [2.45, 2.75) is 46.0 Å². The Balaban J connectivity index is 1.89. The molecule has 0 radical (unpaired) electrons. The van der Waals surface area contributed by atoms with E-state index < -0.39 is 5.97 Å². The van der Waals surface area contributed by atoms with Crippen LogP contribution in [-0.4, -0.2) is 48.1 Å². The molecule has 2 aliphatic rings. The van der Waals surface area contributed by atoms with Crippen molar-refractivity contribution < 1.29 is 14.7 Å². The molecule has 0 saturated carbocycles. The highest BCUT2D eigenvalue weighted by atomic mass is 16.4. The van der Waals surface area contributed by atoms with Crippen molar-refractivity contribution in [2.75, 3.05) is 26.2 Å². The zero-order chi connectivity index (χ0) is 15.5. The summed E-state index contributed by atoms with van der Waals surface area (Å²) in [5.41, 5.74) is -0.228. The SMILES string of the molecule is CC(C)C1(C(=O)N2CCC(CCC(=O)O)CC2)CCNC1. The van der Waals surface area contributed by atoms with Gasteiger partial charge in [0.05, 0.1) is 5.41 Å². The number of hydrogen-bond donors (Lipinski definition) is 2. The molecule has 120 valence electrons. The Morgan fingerprint density at radius 1 is 1.33 bits per heavy atom. The summed E-state index contributed by atoms with van der Waals surface area (Å²) in [5.74, 6) is 0.398. The minimum Gasteiger partial charge on any atom is -0.481 e. The van der Waals surface area contributed by atoms with Gasteiger partial charge < -0.3 is 15.3 Å². The number of likely N-dealkylation sites (tertiary alicyclic amines) is 1. The maximum absolute atomic E-state index is 12.9. The average molecular weight is 296 g/mol. The number of carbonyl (C=O) groups excluding carboxylic acids is 1. The van der Waals surface area contributed by atoms with Gasteiger partial charge in [-0.1, -0.05) is 13.8 Å². The quantitative estimate of drug-likeness (QED) is 0.810. The lowest BCUT2D eigenvalue weighted by atomic mass is 9.74. The summed E-state index contributed by atoms with van der Waals surface area (Å²) >= 11 is 0. The Bertz CT molecular complexity index is 381. The highest BCUT2D eigenvalue weighted by Crippen LogP contribution is 2.37. The van der Waals surface area contributed by atoms with Gasteiger partial charge in [0.25, 0.3) is 0 Å². The number of hydrogen-bond acceptors (Lipinski definition) is 3. The second kappa shape index (κ2) is 6.77. The van der Waals surface area contributed by atoms with Gasteiger partial charge in [0, 0.05) is 26.1 Å². The summed E-state index contributed by atoms with van der Waals surface area (Å²) in [6, 6.07) is 0. The molecular weight excluding hydrogens is 268 g/mol. The number of rotatable bonds is 5. The number of carboxylic acids is 1. The molecule has 1 atom stereocenters. The van der Waals surface area contributed by atoms with Gasteiger partial charge in [0.15, 0.2) is 0 Å². The summed E-state index contributed by atoms with van der Waals surface area (Å²) in [4.78, 5) is 25.6. The van der Waals surface area contributed by atoms with Crippen LogP contribution in [0.25, 0.3) is 0 Å². The summed E-state index contributed by atoms with van der Waals surface area (Å²) in [6.45, 7) is 7.59. The van der Waals surface area contributed by atoms with Crippen LogP contribution in [0.5, 0.6) is 0 Å². The number of carbonyl (C=O) groups is 2. The first-order valence-electron chi connectivity index (χ1n) is 8.17. The van der Waals surface area contributed by atoms with E-state index in [1.807, 2.05) is 4.90 Å². The van der Waals surface area contributed by atoms with Crippen molar-refractivity contribution in [1.82, 2.24) is 10.2 Å². The third-order valence-electron chi connectivity index (χ3n) is 5.39. The molecule has 1 amide bonds. The van der Waals surface area contributed by atoms with Gasteiger partial charge in [-0.25, -0.2) is 0 Å². The molecular formula is C16H28N2O3. The van der Waals surface area contributed by atoms with Gasteiger partial charge in [-0.2, -0.15) is 0 Å². The van der Waals surface area contributed by atoms with E-state index in [-0.39, 0.29) is 11.8 Å². The molecule has 5 heteroatoms. The van der Waals surface area contributed by atoms with E-state index in [9.17, 15) is 9.59 Å². The van der Waals surface area contributed by atoms with Gasteiger partial charge in [-0.3, -0.25) is 9.59 Å². The lowest BCUT2D eigenvalue weighted by Gasteiger charge is -2.40. The molecule has 0 aromatic rings. The van der Waals surface area contributed by atoms with E-state index in [0.29, 0.717) is 17.7 Å². The van der Waals surface area contributed by atoms with E-state index >= 15 is 0 Å². The monoisotopic (exact) mass is 296 g/mol.